The summed E-state index contributed by atoms with van der Waals surface area (Å²) >= 11 is 0. The number of hydrogen-bond donors (Lipinski definition) is 0. The lowest BCUT2D eigenvalue weighted by atomic mass is 10.0. The number of nitrogens with zero attached hydrogens (tertiary/aromatic N) is 5. The number of pyridine rings is 1. The van der Waals surface area contributed by atoms with Crippen molar-refractivity contribution < 1.29 is 0 Å². The SMILES string of the molecule is c1ccc(-c2cccc(-c3cc(-n4c5ccccc5c5ccc6c(nc7c8ccccc8c8ccccc8n67)c54)ncn3)c2)cc1. The largest absolute Gasteiger partial charge is 0.292 e. The molecule has 0 atom stereocenters. The van der Waals surface area contributed by atoms with E-state index in [4.69, 9.17) is 15.0 Å². The van der Waals surface area contributed by atoms with E-state index in [2.05, 4.69) is 148 Å². The molecule has 0 aliphatic rings. The molecule has 0 radical (unpaired) electrons. The molecule has 0 bridgehead atoms. The van der Waals surface area contributed by atoms with E-state index in [9.17, 15) is 0 Å². The zero-order valence-corrected chi connectivity index (χ0v) is 24.7. The van der Waals surface area contributed by atoms with E-state index in [1.807, 2.05) is 6.07 Å². The molecule has 0 aliphatic carbocycles. The van der Waals surface area contributed by atoms with Gasteiger partial charge in [0.2, 0.25) is 0 Å². The van der Waals surface area contributed by atoms with Gasteiger partial charge in [-0.25, -0.2) is 15.0 Å². The third kappa shape index (κ3) is 3.54. The minimum Gasteiger partial charge on any atom is -0.292 e. The van der Waals surface area contributed by atoms with E-state index in [1.165, 1.54) is 16.3 Å². The zero-order valence-electron chi connectivity index (χ0n) is 24.7. The Hall–Kier alpha value is -6.33. The topological polar surface area (TPSA) is 48.0 Å². The lowest BCUT2D eigenvalue weighted by Crippen LogP contribution is -1.99. The van der Waals surface area contributed by atoms with E-state index in [-0.39, 0.29) is 0 Å². The third-order valence-corrected chi connectivity index (χ3v) is 9.21. The lowest BCUT2D eigenvalue weighted by molar-refractivity contribution is 1.04. The Kier molecular flexibility index (Phi) is 5.22. The Morgan fingerprint density at radius 1 is 0.435 bits per heavy atom. The van der Waals surface area contributed by atoms with Gasteiger partial charge in [0, 0.05) is 33.2 Å². The molecule has 46 heavy (non-hydrogen) atoms. The van der Waals surface area contributed by atoms with E-state index >= 15 is 0 Å². The second-order valence-electron chi connectivity index (χ2n) is 11.7. The molecule has 5 heteroatoms. The van der Waals surface area contributed by atoms with E-state index in [0.29, 0.717) is 0 Å². The van der Waals surface area contributed by atoms with Crippen LogP contribution in [0, 0.1) is 0 Å². The van der Waals surface area contributed by atoms with Crippen LogP contribution in [-0.4, -0.2) is 23.9 Å². The molecule has 4 heterocycles. The first-order valence-corrected chi connectivity index (χ1v) is 15.5. The fraction of sp³-hybridized carbons (Fsp3) is 0. The first-order valence-electron chi connectivity index (χ1n) is 15.5. The molecule has 5 nitrogen and oxygen atoms in total. The van der Waals surface area contributed by atoms with Crippen molar-refractivity contribution in [1.29, 1.82) is 0 Å². The van der Waals surface area contributed by atoms with Crippen molar-refractivity contribution in [3.63, 3.8) is 0 Å². The van der Waals surface area contributed by atoms with Crippen LogP contribution in [0.1, 0.15) is 0 Å². The summed E-state index contributed by atoms with van der Waals surface area (Å²) in [4.78, 5) is 15.0. The van der Waals surface area contributed by atoms with Crippen molar-refractivity contribution in [2.24, 2.45) is 0 Å². The van der Waals surface area contributed by atoms with Crippen LogP contribution in [0.5, 0.6) is 0 Å². The Morgan fingerprint density at radius 3 is 1.96 bits per heavy atom. The minimum absolute atomic E-state index is 0.806. The summed E-state index contributed by atoms with van der Waals surface area (Å²) in [5.41, 5.74) is 10.5. The molecule has 0 saturated heterocycles. The van der Waals surface area contributed by atoms with E-state index in [0.717, 1.165) is 72.0 Å². The standard InChI is InChI=1S/C41H25N5/c1-2-11-26(12-3-1)27-13-10-14-28(23-27)34-24-38(43-25-42-34)46-36-20-9-7-17-31(36)32-21-22-37-39(40(32)46)44-41-33-18-5-4-15-29(33)30-16-6-8-19-35(30)45(37)41/h1-25H. The molecule has 0 fully saturated rings. The van der Waals surface area contributed by atoms with Gasteiger partial charge < -0.3 is 0 Å². The van der Waals surface area contributed by atoms with Crippen LogP contribution in [0.25, 0.3) is 88.4 Å². The highest BCUT2D eigenvalue weighted by molar-refractivity contribution is 6.20. The van der Waals surface area contributed by atoms with Crippen molar-refractivity contribution in [2.45, 2.75) is 0 Å². The summed E-state index contributed by atoms with van der Waals surface area (Å²) in [6.07, 6.45) is 1.67. The van der Waals surface area contributed by atoms with Crippen LogP contribution in [-0.2, 0) is 0 Å². The molecule has 0 amide bonds. The second-order valence-corrected chi connectivity index (χ2v) is 11.7. The number of fused-ring (bicyclic) bond motifs is 12. The normalized spacial score (nSPS) is 11.9. The van der Waals surface area contributed by atoms with Crippen LogP contribution in [0.15, 0.2) is 152 Å². The summed E-state index contributed by atoms with van der Waals surface area (Å²) in [5.74, 6) is 0.806. The Balaban J connectivity index is 1.28. The monoisotopic (exact) mass is 587 g/mol. The van der Waals surface area contributed by atoms with Crippen molar-refractivity contribution in [2.75, 3.05) is 0 Å². The number of hydrogen-bond acceptors (Lipinski definition) is 3. The Labute approximate surface area is 263 Å². The van der Waals surface area contributed by atoms with Crippen LogP contribution >= 0.6 is 0 Å². The first-order chi connectivity index (χ1) is 22.8. The maximum absolute atomic E-state index is 5.43. The molecule has 6 aromatic carbocycles. The van der Waals surface area contributed by atoms with Crippen molar-refractivity contribution in [1.82, 2.24) is 23.9 Å². The van der Waals surface area contributed by atoms with Gasteiger partial charge in [0.05, 0.1) is 27.8 Å². The van der Waals surface area contributed by atoms with Gasteiger partial charge in [0.25, 0.3) is 0 Å². The van der Waals surface area contributed by atoms with Gasteiger partial charge >= 0.3 is 0 Å². The highest BCUT2D eigenvalue weighted by Gasteiger charge is 2.21. The molecule has 4 aromatic heterocycles. The summed E-state index contributed by atoms with van der Waals surface area (Å²) in [6.45, 7) is 0. The highest BCUT2D eigenvalue weighted by Crippen LogP contribution is 2.39. The molecular weight excluding hydrogens is 562 g/mol. The molecular formula is C41H25N5. The summed E-state index contributed by atoms with van der Waals surface area (Å²) < 4.78 is 4.57. The zero-order chi connectivity index (χ0) is 30.2. The van der Waals surface area contributed by atoms with Crippen molar-refractivity contribution in [3.05, 3.63) is 152 Å². The van der Waals surface area contributed by atoms with Gasteiger partial charge in [0.1, 0.15) is 23.3 Å². The molecule has 10 rings (SSSR count). The van der Waals surface area contributed by atoms with Gasteiger partial charge in [-0.1, -0.05) is 109 Å². The molecule has 214 valence electrons. The average Bonchev–Trinajstić information content (AvgIpc) is 3.69. The Morgan fingerprint density at radius 2 is 1.11 bits per heavy atom. The summed E-state index contributed by atoms with van der Waals surface area (Å²) in [5, 5.41) is 5.86. The molecule has 0 aliphatic heterocycles. The van der Waals surface area contributed by atoms with E-state index < -0.39 is 0 Å². The molecule has 0 unspecified atom stereocenters. The predicted molar refractivity (Wildman–Crippen MR) is 189 cm³/mol. The summed E-state index contributed by atoms with van der Waals surface area (Å²) in [7, 11) is 0. The molecule has 10 aromatic rings. The van der Waals surface area contributed by atoms with Crippen LogP contribution in [0.2, 0.25) is 0 Å². The Bertz CT molecular complexity index is 2810. The number of imidazole rings is 1. The van der Waals surface area contributed by atoms with E-state index in [1.54, 1.807) is 6.33 Å². The molecule has 0 saturated carbocycles. The lowest BCUT2D eigenvalue weighted by Gasteiger charge is -2.10. The smallest absolute Gasteiger partial charge is 0.146 e. The van der Waals surface area contributed by atoms with Crippen molar-refractivity contribution >= 4 is 60.2 Å². The van der Waals surface area contributed by atoms with Gasteiger partial charge in [-0.15, -0.1) is 0 Å². The van der Waals surface area contributed by atoms with Crippen LogP contribution in [0.3, 0.4) is 0 Å². The second kappa shape index (κ2) is 9.58. The maximum Gasteiger partial charge on any atom is 0.146 e. The molecule has 0 N–H and O–H groups in total. The number of benzene rings is 6. The van der Waals surface area contributed by atoms with Gasteiger partial charge in [-0.2, -0.15) is 0 Å². The fourth-order valence-electron chi connectivity index (χ4n) is 7.18. The third-order valence-electron chi connectivity index (χ3n) is 9.21. The average molecular weight is 588 g/mol. The maximum atomic E-state index is 5.43. The molecule has 0 spiro atoms. The summed E-state index contributed by atoms with van der Waals surface area (Å²) in [6, 6.07) is 51.3. The number of para-hydroxylation sites is 2. The number of aromatic nitrogens is 5. The van der Waals surface area contributed by atoms with Crippen molar-refractivity contribution in [3.8, 4) is 28.2 Å². The van der Waals surface area contributed by atoms with Crippen LogP contribution in [0.4, 0.5) is 0 Å². The quantitative estimate of drug-likeness (QED) is 0.193. The number of rotatable bonds is 3. The van der Waals surface area contributed by atoms with Gasteiger partial charge in [-0.05, 0) is 46.8 Å². The predicted octanol–water partition coefficient (Wildman–Crippen LogP) is 10.0. The first kappa shape index (κ1) is 25.0. The highest BCUT2D eigenvalue weighted by atomic mass is 15.1. The van der Waals surface area contributed by atoms with Gasteiger partial charge in [-0.3, -0.25) is 8.97 Å². The van der Waals surface area contributed by atoms with Gasteiger partial charge in [0.15, 0.2) is 0 Å². The van der Waals surface area contributed by atoms with Crippen LogP contribution < -0.4 is 0 Å². The minimum atomic E-state index is 0.806. The fourth-order valence-corrected chi connectivity index (χ4v) is 7.18.